The van der Waals surface area contributed by atoms with E-state index in [1.807, 2.05) is 20.8 Å². The van der Waals surface area contributed by atoms with E-state index in [0.29, 0.717) is 12.1 Å². The second-order valence-electron chi connectivity index (χ2n) is 7.72. The zero-order valence-corrected chi connectivity index (χ0v) is 13.9. The number of rotatable bonds is 3. The number of ether oxygens (including phenoxy) is 1. The average Bonchev–Trinajstić information content (AvgIpc) is 2.26. The maximum absolute atomic E-state index is 11.7. The average molecular weight is 296 g/mol. The first-order chi connectivity index (χ1) is 9.92. The van der Waals surface area contributed by atoms with E-state index in [4.69, 9.17) is 4.74 Å². The second-order valence-corrected chi connectivity index (χ2v) is 7.72. The Morgan fingerprint density at radius 1 is 0.905 bits per heavy atom. The van der Waals surface area contributed by atoms with Gasteiger partial charge in [0.05, 0.1) is 0 Å². The van der Waals surface area contributed by atoms with Gasteiger partial charge in [0.2, 0.25) is 0 Å². The van der Waals surface area contributed by atoms with Crippen LogP contribution in [0.5, 0.6) is 0 Å². The van der Waals surface area contributed by atoms with Crippen molar-refractivity contribution in [3.63, 3.8) is 0 Å². The van der Waals surface area contributed by atoms with Gasteiger partial charge in [-0.25, -0.2) is 4.79 Å². The van der Waals surface area contributed by atoms with Crippen LogP contribution in [0, 0.1) is 0 Å². The Bertz CT molecular complexity index is 324. The van der Waals surface area contributed by atoms with Crippen molar-refractivity contribution in [2.45, 2.75) is 102 Å². The summed E-state index contributed by atoms with van der Waals surface area (Å²) in [5.41, 5.74) is -0.412. The van der Waals surface area contributed by atoms with Gasteiger partial charge in [-0.15, -0.1) is 0 Å². The number of hydrogen-bond acceptors (Lipinski definition) is 3. The molecule has 2 fully saturated rings. The maximum Gasteiger partial charge on any atom is 0.407 e. The molecule has 4 heteroatoms. The number of alkyl carbamates (subject to hydrolysis) is 1. The van der Waals surface area contributed by atoms with Crippen molar-refractivity contribution in [2.75, 3.05) is 0 Å². The maximum atomic E-state index is 11.7. The van der Waals surface area contributed by atoms with E-state index in [1.54, 1.807) is 0 Å². The monoisotopic (exact) mass is 296 g/mol. The van der Waals surface area contributed by atoms with Crippen molar-refractivity contribution in [3.8, 4) is 0 Å². The van der Waals surface area contributed by atoms with Crippen molar-refractivity contribution in [3.05, 3.63) is 0 Å². The molecule has 2 N–H and O–H groups in total. The molecule has 2 saturated carbocycles. The lowest BCUT2D eigenvalue weighted by atomic mass is 9.85. The highest BCUT2D eigenvalue weighted by Crippen LogP contribution is 2.24. The summed E-state index contributed by atoms with van der Waals surface area (Å²) < 4.78 is 5.29. The molecule has 0 saturated heterocycles. The fourth-order valence-electron chi connectivity index (χ4n) is 3.30. The topological polar surface area (TPSA) is 50.4 Å². The molecule has 1 amide bonds. The molecule has 0 heterocycles. The predicted molar refractivity (Wildman–Crippen MR) is 85.4 cm³/mol. The lowest BCUT2D eigenvalue weighted by molar-refractivity contribution is 0.0462. The summed E-state index contributed by atoms with van der Waals surface area (Å²) in [6.07, 6.45) is 11.4. The highest BCUT2D eigenvalue weighted by atomic mass is 16.6. The summed E-state index contributed by atoms with van der Waals surface area (Å²) >= 11 is 0. The SMILES string of the molecule is CC(C)(C)OC(=O)NC1CC(NC2CCCCCCC2)C1. The van der Waals surface area contributed by atoms with E-state index in [2.05, 4.69) is 10.6 Å². The first kappa shape index (κ1) is 16.6. The molecule has 0 aromatic carbocycles. The van der Waals surface area contributed by atoms with Crippen molar-refractivity contribution in [1.82, 2.24) is 10.6 Å². The van der Waals surface area contributed by atoms with Crippen LogP contribution >= 0.6 is 0 Å². The highest BCUT2D eigenvalue weighted by molar-refractivity contribution is 5.68. The Kier molecular flexibility index (Phi) is 5.91. The highest BCUT2D eigenvalue weighted by Gasteiger charge is 2.32. The van der Waals surface area contributed by atoms with Gasteiger partial charge in [-0.1, -0.05) is 32.1 Å². The molecule has 0 aromatic heterocycles. The van der Waals surface area contributed by atoms with Crippen molar-refractivity contribution in [2.24, 2.45) is 0 Å². The molecule has 0 bridgehead atoms. The van der Waals surface area contributed by atoms with Crippen LogP contribution in [0.2, 0.25) is 0 Å². The van der Waals surface area contributed by atoms with Crippen LogP contribution in [0.25, 0.3) is 0 Å². The number of nitrogens with one attached hydrogen (secondary N) is 2. The summed E-state index contributed by atoms with van der Waals surface area (Å²) in [6.45, 7) is 5.69. The van der Waals surface area contributed by atoms with Gasteiger partial charge in [0.1, 0.15) is 5.60 Å². The third-order valence-corrected chi connectivity index (χ3v) is 4.44. The van der Waals surface area contributed by atoms with Gasteiger partial charge in [0, 0.05) is 18.1 Å². The minimum atomic E-state index is -0.412. The fourth-order valence-corrected chi connectivity index (χ4v) is 3.30. The molecule has 0 radical (unpaired) electrons. The molecule has 122 valence electrons. The van der Waals surface area contributed by atoms with Crippen LogP contribution in [0.15, 0.2) is 0 Å². The van der Waals surface area contributed by atoms with E-state index >= 15 is 0 Å². The van der Waals surface area contributed by atoms with Crippen LogP contribution < -0.4 is 10.6 Å². The number of hydrogen-bond donors (Lipinski definition) is 2. The fraction of sp³-hybridized carbons (Fsp3) is 0.941. The third-order valence-electron chi connectivity index (χ3n) is 4.44. The number of amides is 1. The van der Waals surface area contributed by atoms with Crippen LogP contribution in [0.3, 0.4) is 0 Å². The van der Waals surface area contributed by atoms with Crippen LogP contribution in [-0.2, 0) is 4.74 Å². The zero-order valence-electron chi connectivity index (χ0n) is 13.9. The molecule has 0 aliphatic heterocycles. The van der Waals surface area contributed by atoms with E-state index in [1.165, 1.54) is 44.9 Å². The van der Waals surface area contributed by atoms with Crippen LogP contribution in [0.4, 0.5) is 4.79 Å². The Labute approximate surface area is 129 Å². The molecule has 0 unspecified atom stereocenters. The van der Waals surface area contributed by atoms with Gasteiger partial charge in [0.25, 0.3) is 0 Å². The quantitative estimate of drug-likeness (QED) is 0.834. The Hall–Kier alpha value is -0.770. The van der Waals surface area contributed by atoms with Crippen molar-refractivity contribution >= 4 is 6.09 Å². The molecule has 2 aliphatic carbocycles. The van der Waals surface area contributed by atoms with E-state index < -0.39 is 5.60 Å². The smallest absolute Gasteiger partial charge is 0.407 e. The Morgan fingerprint density at radius 3 is 2.05 bits per heavy atom. The van der Waals surface area contributed by atoms with E-state index in [9.17, 15) is 4.79 Å². The molecule has 0 spiro atoms. The second kappa shape index (κ2) is 7.48. The van der Waals surface area contributed by atoms with E-state index in [0.717, 1.165) is 12.8 Å². The van der Waals surface area contributed by atoms with Gasteiger partial charge in [-0.3, -0.25) is 0 Å². The van der Waals surface area contributed by atoms with Gasteiger partial charge < -0.3 is 15.4 Å². The lowest BCUT2D eigenvalue weighted by Gasteiger charge is -2.39. The molecule has 2 rings (SSSR count). The Morgan fingerprint density at radius 2 is 1.48 bits per heavy atom. The van der Waals surface area contributed by atoms with Crippen LogP contribution in [-0.4, -0.2) is 29.8 Å². The summed E-state index contributed by atoms with van der Waals surface area (Å²) in [5.74, 6) is 0. The summed E-state index contributed by atoms with van der Waals surface area (Å²) in [4.78, 5) is 11.7. The molecule has 0 aromatic rings. The van der Waals surface area contributed by atoms with Gasteiger partial charge in [0.15, 0.2) is 0 Å². The first-order valence-corrected chi connectivity index (χ1v) is 8.68. The summed E-state index contributed by atoms with van der Waals surface area (Å²) in [6, 6.07) is 1.55. The summed E-state index contributed by atoms with van der Waals surface area (Å²) in [7, 11) is 0. The standard InChI is InChI=1S/C17H32N2O2/c1-17(2,3)21-16(20)19-15-11-14(12-15)18-13-9-7-5-4-6-8-10-13/h13-15,18H,4-12H2,1-3H3,(H,19,20). The van der Waals surface area contributed by atoms with E-state index in [-0.39, 0.29) is 12.1 Å². The van der Waals surface area contributed by atoms with Crippen molar-refractivity contribution in [1.29, 1.82) is 0 Å². The summed E-state index contributed by atoms with van der Waals surface area (Å²) in [5, 5.41) is 6.74. The Balaban J connectivity index is 1.61. The molecule has 2 aliphatic rings. The molecule has 0 atom stereocenters. The van der Waals surface area contributed by atoms with Crippen molar-refractivity contribution < 1.29 is 9.53 Å². The molecule has 4 nitrogen and oxygen atoms in total. The minimum absolute atomic E-state index is 0.281. The largest absolute Gasteiger partial charge is 0.444 e. The normalized spacial score (nSPS) is 28.1. The molecule has 21 heavy (non-hydrogen) atoms. The number of carbonyl (C=O) groups is 1. The van der Waals surface area contributed by atoms with Gasteiger partial charge >= 0.3 is 6.09 Å². The number of carbonyl (C=O) groups excluding carboxylic acids is 1. The molecular formula is C17H32N2O2. The molecular weight excluding hydrogens is 264 g/mol. The zero-order chi connectivity index (χ0) is 15.3. The van der Waals surface area contributed by atoms with Gasteiger partial charge in [-0.05, 0) is 46.5 Å². The third kappa shape index (κ3) is 6.25. The lowest BCUT2D eigenvalue weighted by Crippen LogP contribution is -2.55. The predicted octanol–water partition coefficient (Wildman–Crippen LogP) is 3.74. The minimum Gasteiger partial charge on any atom is -0.444 e. The van der Waals surface area contributed by atoms with Crippen LogP contribution in [0.1, 0.15) is 78.6 Å². The van der Waals surface area contributed by atoms with Gasteiger partial charge in [-0.2, -0.15) is 0 Å². The first-order valence-electron chi connectivity index (χ1n) is 8.68.